The molecule has 0 aliphatic carbocycles. The van der Waals surface area contributed by atoms with Gasteiger partial charge >= 0.3 is 0 Å². The third-order valence-corrected chi connectivity index (χ3v) is 3.47. The van der Waals surface area contributed by atoms with Crippen molar-refractivity contribution >= 4 is 18.0 Å². The summed E-state index contributed by atoms with van der Waals surface area (Å²) in [5.41, 5.74) is 9.38. The van der Waals surface area contributed by atoms with Gasteiger partial charge in [-0.3, -0.25) is 4.57 Å². The van der Waals surface area contributed by atoms with Crippen LogP contribution in [0.2, 0.25) is 0 Å². The number of hydrogen-bond acceptors (Lipinski definition) is 8. The summed E-state index contributed by atoms with van der Waals surface area (Å²) in [5, 5.41) is 28.8. The van der Waals surface area contributed by atoms with E-state index in [2.05, 4.69) is 4.98 Å². The number of hydrogen-bond donors (Lipinski definition) is 5. The van der Waals surface area contributed by atoms with Gasteiger partial charge in [0, 0.05) is 19.2 Å². The quantitative estimate of drug-likeness (QED) is 0.431. The number of aliphatic hydroxyl groups is 3. The van der Waals surface area contributed by atoms with Gasteiger partial charge in [-0.15, -0.1) is 0 Å². The molecule has 1 saturated heterocycles. The second kappa shape index (κ2) is 5.31. The van der Waals surface area contributed by atoms with E-state index in [0.717, 1.165) is 10.8 Å². The first-order valence-electron chi connectivity index (χ1n) is 5.78. The Kier molecular flexibility index (Phi) is 4.04. The van der Waals surface area contributed by atoms with Gasteiger partial charge in [-0.05, 0) is 12.2 Å². The molecule has 1 aliphatic rings. The number of halogens is 1. The summed E-state index contributed by atoms with van der Waals surface area (Å²) in [4.78, 5) is 3.59. The minimum absolute atomic E-state index is 0.111. The first-order valence-corrected chi connectivity index (χ1v) is 6.19. The predicted molar refractivity (Wildman–Crippen MR) is 68.2 cm³/mol. The van der Waals surface area contributed by atoms with E-state index in [1.807, 2.05) is 0 Å². The monoisotopic (exact) mass is 306 g/mol. The van der Waals surface area contributed by atoms with Crippen LogP contribution in [0.25, 0.3) is 0 Å². The summed E-state index contributed by atoms with van der Waals surface area (Å²) in [6.45, 7) is -0.354. The summed E-state index contributed by atoms with van der Waals surface area (Å²) in [6.07, 6.45) is -3.35. The minimum atomic E-state index is -1.66. The van der Waals surface area contributed by atoms with Gasteiger partial charge in [0.05, 0.1) is 0 Å². The van der Waals surface area contributed by atoms with Crippen LogP contribution in [0.1, 0.15) is 12.6 Å². The van der Waals surface area contributed by atoms with Crippen molar-refractivity contribution in [2.24, 2.45) is 5.73 Å². The van der Waals surface area contributed by atoms with E-state index in [4.69, 9.17) is 33.5 Å². The molecule has 0 saturated carbocycles. The molecule has 1 aromatic rings. The molecule has 2 rings (SSSR count). The highest BCUT2D eigenvalue weighted by molar-refractivity contribution is 7.71. The number of rotatable bonds is 3. The molecule has 0 bridgehead atoms. The highest BCUT2D eigenvalue weighted by Crippen LogP contribution is 2.36. The Bertz CT molecular complexity index is 571. The van der Waals surface area contributed by atoms with E-state index in [-0.39, 0.29) is 23.6 Å². The average Bonchev–Trinajstić information content (AvgIpc) is 2.59. The normalized spacial score (nSPS) is 33.5. The van der Waals surface area contributed by atoms with E-state index >= 15 is 0 Å². The highest BCUT2D eigenvalue weighted by Gasteiger charge is 2.52. The van der Waals surface area contributed by atoms with Crippen molar-refractivity contribution in [2.75, 3.05) is 12.3 Å². The van der Waals surface area contributed by atoms with Crippen LogP contribution in [-0.4, -0.2) is 49.4 Å². The Morgan fingerprint density at radius 3 is 2.80 bits per heavy atom. The molecule has 1 aromatic heterocycles. The number of ether oxygens (including phenoxy) is 1. The fourth-order valence-electron chi connectivity index (χ4n) is 2.05. The van der Waals surface area contributed by atoms with Gasteiger partial charge in [0.15, 0.2) is 23.6 Å². The van der Waals surface area contributed by atoms with Crippen LogP contribution in [0.3, 0.4) is 0 Å². The molecule has 1 aliphatic heterocycles. The lowest BCUT2D eigenvalue weighted by Gasteiger charge is -2.26. The van der Waals surface area contributed by atoms with Crippen molar-refractivity contribution in [3.05, 3.63) is 16.8 Å². The standard InChI is InChI=1S/C10H15FN4O4S/c11-4-3-15(9(20)14-7(4)12)8-5(17)6(18)10(13,19-8)1-2-16/h3,5-6,8,16-18H,1-2,13H2,(H2,12,14,20). The van der Waals surface area contributed by atoms with Crippen LogP contribution in [0, 0.1) is 10.6 Å². The second-order valence-electron chi connectivity index (χ2n) is 4.54. The molecule has 0 spiro atoms. The molecule has 112 valence electrons. The fraction of sp³-hybridized carbons (Fsp3) is 0.600. The van der Waals surface area contributed by atoms with Gasteiger partial charge in [0.2, 0.25) is 4.77 Å². The van der Waals surface area contributed by atoms with Crippen molar-refractivity contribution in [1.29, 1.82) is 0 Å². The summed E-state index contributed by atoms with van der Waals surface area (Å²) >= 11 is 4.91. The molecule has 4 atom stereocenters. The number of nitrogens with zero attached hydrogens (tertiary/aromatic N) is 2. The Labute approximate surface area is 118 Å². The molecule has 4 unspecified atom stereocenters. The Balaban J connectivity index is 2.40. The van der Waals surface area contributed by atoms with Gasteiger partial charge in [-0.2, -0.15) is 4.98 Å². The molecule has 20 heavy (non-hydrogen) atoms. The SMILES string of the molecule is Nc1nc(=S)n(C2OC(N)(CCO)C(O)C2O)cc1F. The summed E-state index contributed by atoms with van der Waals surface area (Å²) in [5.74, 6) is -1.23. The van der Waals surface area contributed by atoms with E-state index < -0.39 is 30.0 Å². The first kappa shape index (κ1) is 15.2. The van der Waals surface area contributed by atoms with Gasteiger partial charge in [0.25, 0.3) is 0 Å². The number of nitrogen functional groups attached to an aromatic ring is 1. The maximum atomic E-state index is 13.5. The molecule has 0 aromatic carbocycles. The zero-order valence-electron chi connectivity index (χ0n) is 10.3. The zero-order valence-corrected chi connectivity index (χ0v) is 11.1. The Morgan fingerprint density at radius 1 is 1.55 bits per heavy atom. The molecule has 0 amide bonds. The molecule has 10 heteroatoms. The van der Waals surface area contributed by atoms with Crippen LogP contribution >= 0.6 is 12.2 Å². The molecule has 0 radical (unpaired) electrons. The van der Waals surface area contributed by atoms with Crippen molar-refractivity contribution in [3.63, 3.8) is 0 Å². The molecule has 1 fully saturated rings. The summed E-state index contributed by atoms with van der Waals surface area (Å²) < 4.78 is 19.7. The maximum absolute atomic E-state index is 13.5. The van der Waals surface area contributed by atoms with E-state index in [9.17, 15) is 14.6 Å². The van der Waals surface area contributed by atoms with E-state index in [1.165, 1.54) is 0 Å². The largest absolute Gasteiger partial charge is 0.396 e. The van der Waals surface area contributed by atoms with Crippen molar-refractivity contribution in [1.82, 2.24) is 9.55 Å². The van der Waals surface area contributed by atoms with Gasteiger partial charge in [-0.1, -0.05) is 0 Å². The van der Waals surface area contributed by atoms with Gasteiger partial charge in [0.1, 0.15) is 12.2 Å². The van der Waals surface area contributed by atoms with Crippen LogP contribution < -0.4 is 11.5 Å². The molecular weight excluding hydrogens is 291 g/mol. The number of nitrogens with two attached hydrogens (primary N) is 2. The summed E-state index contributed by atoms with van der Waals surface area (Å²) in [7, 11) is 0. The number of anilines is 1. The third-order valence-electron chi connectivity index (χ3n) is 3.17. The summed E-state index contributed by atoms with van der Waals surface area (Å²) in [6, 6.07) is 0. The first-order chi connectivity index (χ1) is 9.30. The molecular formula is C10H15FN4O4S. The molecule has 8 nitrogen and oxygen atoms in total. The van der Waals surface area contributed by atoms with Crippen molar-refractivity contribution in [2.45, 2.75) is 30.6 Å². The second-order valence-corrected chi connectivity index (χ2v) is 4.90. The van der Waals surface area contributed by atoms with Crippen LogP contribution in [0.15, 0.2) is 6.20 Å². The lowest BCUT2D eigenvalue weighted by atomic mass is 10.0. The topological polar surface area (TPSA) is 140 Å². The fourth-order valence-corrected chi connectivity index (χ4v) is 2.31. The van der Waals surface area contributed by atoms with Gasteiger partial charge < -0.3 is 31.5 Å². The van der Waals surface area contributed by atoms with Crippen LogP contribution in [-0.2, 0) is 4.74 Å². The Hall–Kier alpha value is -1.17. The predicted octanol–water partition coefficient (Wildman–Crippen LogP) is -1.38. The average molecular weight is 306 g/mol. The zero-order chi connectivity index (χ0) is 15.1. The lowest BCUT2D eigenvalue weighted by Crippen LogP contribution is -2.51. The number of aliphatic hydroxyl groups excluding tert-OH is 3. The van der Waals surface area contributed by atoms with E-state index in [1.54, 1.807) is 0 Å². The van der Waals surface area contributed by atoms with E-state index in [0.29, 0.717) is 0 Å². The Morgan fingerprint density at radius 2 is 2.20 bits per heavy atom. The third kappa shape index (κ3) is 2.41. The molecule has 7 N–H and O–H groups in total. The molecule has 2 heterocycles. The van der Waals surface area contributed by atoms with Crippen molar-refractivity contribution < 1.29 is 24.4 Å². The van der Waals surface area contributed by atoms with Gasteiger partial charge in [-0.25, -0.2) is 4.39 Å². The maximum Gasteiger partial charge on any atom is 0.203 e. The van der Waals surface area contributed by atoms with Crippen LogP contribution in [0.4, 0.5) is 10.2 Å². The number of aromatic nitrogens is 2. The minimum Gasteiger partial charge on any atom is -0.396 e. The highest BCUT2D eigenvalue weighted by atomic mass is 32.1. The smallest absolute Gasteiger partial charge is 0.203 e. The van der Waals surface area contributed by atoms with Crippen molar-refractivity contribution in [3.8, 4) is 0 Å². The van der Waals surface area contributed by atoms with Crippen LogP contribution in [0.5, 0.6) is 0 Å². The lowest BCUT2D eigenvalue weighted by molar-refractivity contribution is -0.111.